The van der Waals surface area contributed by atoms with Crippen LogP contribution in [0.1, 0.15) is 36.7 Å². The van der Waals surface area contributed by atoms with Gasteiger partial charge in [0.05, 0.1) is 0 Å². The molecule has 2 rings (SSSR count). The molecule has 1 aromatic rings. The quantitative estimate of drug-likeness (QED) is 0.862. The van der Waals surface area contributed by atoms with Crippen molar-refractivity contribution in [3.63, 3.8) is 0 Å². The number of hydrogen-bond donors (Lipinski definition) is 2. The van der Waals surface area contributed by atoms with Crippen molar-refractivity contribution in [2.45, 2.75) is 38.1 Å². The third kappa shape index (κ3) is 4.74. The summed E-state index contributed by atoms with van der Waals surface area (Å²) in [7, 11) is 1.99. The van der Waals surface area contributed by atoms with Crippen LogP contribution < -0.4 is 10.6 Å². The Balaban J connectivity index is 0.00000180. The molecule has 1 aliphatic rings. The SMILES string of the molecule is Cc1nc(C2CC(N)C2)cc(N(C)CCCO)n1.Cl.Cl. The number of aliphatic hydroxyl groups excluding tert-OH is 1. The first-order valence-electron chi connectivity index (χ1n) is 6.53. The van der Waals surface area contributed by atoms with Gasteiger partial charge in [0.15, 0.2) is 0 Å². The molecule has 20 heavy (non-hydrogen) atoms. The fourth-order valence-corrected chi connectivity index (χ4v) is 2.30. The van der Waals surface area contributed by atoms with Crippen molar-refractivity contribution < 1.29 is 5.11 Å². The molecular formula is C13H24Cl2N4O. The highest BCUT2D eigenvalue weighted by Crippen LogP contribution is 2.35. The summed E-state index contributed by atoms with van der Waals surface area (Å²) in [5.74, 6) is 2.23. The van der Waals surface area contributed by atoms with Crippen LogP contribution >= 0.6 is 24.8 Å². The number of nitrogens with zero attached hydrogens (tertiary/aromatic N) is 3. The van der Waals surface area contributed by atoms with Crippen LogP contribution in [-0.4, -0.2) is 41.3 Å². The Hall–Kier alpha value is -0.620. The monoisotopic (exact) mass is 322 g/mol. The van der Waals surface area contributed by atoms with Crippen molar-refractivity contribution in [1.29, 1.82) is 0 Å². The fourth-order valence-electron chi connectivity index (χ4n) is 2.30. The number of aliphatic hydroxyl groups is 1. The van der Waals surface area contributed by atoms with Crippen LogP contribution in [0.5, 0.6) is 0 Å². The lowest BCUT2D eigenvalue weighted by atomic mass is 9.78. The molecule has 1 aliphatic carbocycles. The van der Waals surface area contributed by atoms with Crippen molar-refractivity contribution in [1.82, 2.24) is 9.97 Å². The van der Waals surface area contributed by atoms with E-state index < -0.39 is 0 Å². The van der Waals surface area contributed by atoms with E-state index in [4.69, 9.17) is 10.8 Å². The minimum absolute atomic E-state index is 0. The van der Waals surface area contributed by atoms with Gasteiger partial charge >= 0.3 is 0 Å². The summed E-state index contributed by atoms with van der Waals surface area (Å²) >= 11 is 0. The average molecular weight is 323 g/mol. The van der Waals surface area contributed by atoms with E-state index in [1.807, 2.05) is 14.0 Å². The normalized spacial score (nSPS) is 20.4. The smallest absolute Gasteiger partial charge is 0.132 e. The van der Waals surface area contributed by atoms with Gasteiger partial charge in [0.25, 0.3) is 0 Å². The zero-order chi connectivity index (χ0) is 13.1. The minimum atomic E-state index is 0. The maximum absolute atomic E-state index is 8.86. The summed E-state index contributed by atoms with van der Waals surface area (Å²) in [6.45, 7) is 2.93. The molecule has 0 bridgehead atoms. The van der Waals surface area contributed by atoms with Gasteiger partial charge in [0.1, 0.15) is 11.6 Å². The van der Waals surface area contributed by atoms with E-state index in [1.165, 1.54) is 0 Å². The fraction of sp³-hybridized carbons (Fsp3) is 0.692. The van der Waals surface area contributed by atoms with Gasteiger partial charge in [-0.1, -0.05) is 0 Å². The summed E-state index contributed by atoms with van der Waals surface area (Å²) in [4.78, 5) is 11.0. The van der Waals surface area contributed by atoms with Crippen LogP contribution in [0.15, 0.2) is 6.07 Å². The molecule has 1 heterocycles. The Morgan fingerprint density at radius 1 is 1.35 bits per heavy atom. The highest BCUT2D eigenvalue weighted by molar-refractivity contribution is 5.85. The predicted octanol–water partition coefficient (Wildman–Crippen LogP) is 1.65. The zero-order valence-electron chi connectivity index (χ0n) is 12.0. The van der Waals surface area contributed by atoms with Crippen LogP contribution in [0.4, 0.5) is 5.82 Å². The number of rotatable bonds is 5. The van der Waals surface area contributed by atoms with E-state index in [2.05, 4.69) is 20.9 Å². The molecule has 1 fully saturated rings. The Labute approximate surface area is 132 Å². The average Bonchev–Trinajstić information content (AvgIpc) is 2.31. The molecule has 0 amide bonds. The second-order valence-corrected chi connectivity index (χ2v) is 5.13. The number of hydrogen-bond acceptors (Lipinski definition) is 5. The largest absolute Gasteiger partial charge is 0.396 e. The molecule has 0 aromatic carbocycles. The number of halogens is 2. The molecule has 0 saturated heterocycles. The van der Waals surface area contributed by atoms with Gasteiger partial charge in [-0.05, 0) is 26.2 Å². The van der Waals surface area contributed by atoms with E-state index in [9.17, 15) is 0 Å². The molecule has 0 unspecified atom stereocenters. The lowest BCUT2D eigenvalue weighted by Gasteiger charge is -2.32. The molecule has 7 heteroatoms. The van der Waals surface area contributed by atoms with Crippen molar-refractivity contribution in [2.75, 3.05) is 25.1 Å². The van der Waals surface area contributed by atoms with Crippen LogP contribution in [0.25, 0.3) is 0 Å². The summed E-state index contributed by atoms with van der Waals surface area (Å²) in [5.41, 5.74) is 6.93. The maximum Gasteiger partial charge on any atom is 0.132 e. The highest BCUT2D eigenvalue weighted by atomic mass is 35.5. The summed E-state index contributed by atoms with van der Waals surface area (Å²) in [5, 5.41) is 8.86. The second kappa shape index (κ2) is 8.62. The molecule has 0 atom stereocenters. The summed E-state index contributed by atoms with van der Waals surface area (Å²) in [6, 6.07) is 2.39. The van der Waals surface area contributed by atoms with Gasteiger partial charge < -0.3 is 15.7 Å². The van der Waals surface area contributed by atoms with Crippen LogP contribution in [-0.2, 0) is 0 Å². The highest BCUT2D eigenvalue weighted by Gasteiger charge is 2.29. The second-order valence-electron chi connectivity index (χ2n) is 5.13. The topological polar surface area (TPSA) is 75.3 Å². The molecule has 0 aliphatic heterocycles. The van der Waals surface area contributed by atoms with E-state index in [1.54, 1.807) is 0 Å². The van der Waals surface area contributed by atoms with Gasteiger partial charge in [0.2, 0.25) is 0 Å². The third-order valence-electron chi connectivity index (χ3n) is 3.48. The maximum atomic E-state index is 8.86. The number of anilines is 1. The lowest BCUT2D eigenvalue weighted by molar-refractivity contribution is 0.290. The predicted molar refractivity (Wildman–Crippen MR) is 86.2 cm³/mol. The van der Waals surface area contributed by atoms with Gasteiger partial charge in [-0.25, -0.2) is 9.97 Å². The summed E-state index contributed by atoms with van der Waals surface area (Å²) < 4.78 is 0. The zero-order valence-corrected chi connectivity index (χ0v) is 13.6. The minimum Gasteiger partial charge on any atom is -0.396 e. The molecule has 0 radical (unpaired) electrons. The van der Waals surface area contributed by atoms with Crippen LogP contribution in [0.2, 0.25) is 0 Å². The van der Waals surface area contributed by atoms with E-state index in [0.717, 1.165) is 43.1 Å². The Morgan fingerprint density at radius 2 is 2.00 bits per heavy atom. The van der Waals surface area contributed by atoms with Gasteiger partial charge in [-0.15, -0.1) is 24.8 Å². The van der Waals surface area contributed by atoms with Crippen molar-refractivity contribution in [3.8, 4) is 0 Å². The Bertz CT molecular complexity index is 413. The van der Waals surface area contributed by atoms with Gasteiger partial charge in [0, 0.05) is 43.9 Å². The van der Waals surface area contributed by atoms with E-state index >= 15 is 0 Å². The number of aryl methyl sites for hydroxylation is 1. The van der Waals surface area contributed by atoms with E-state index in [-0.39, 0.29) is 31.4 Å². The van der Waals surface area contributed by atoms with Crippen molar-refractivity contribution in [2.24, 2.45) is 5.73 Å². The third-order valence-corrected chi connectivity index (χ3v) is 3.48. The van der Waals surface area contributed by atoms with Gasteiger partial charge in [-0.2, -0.15) is 0 Å². The van der Waals surface area contributed by atoms with E-state index in [0.29, 0.717) is 12.0 Å². The van der Waals surface area contributed by atoms with Gasteiger partial charge in [-0.3, -0.25) is 0 Å². The first-order valence-corrected chi connectivity index (χ1v) is 6.53. The standard InChI is InChI=1S/C13H22N4O.2ClH/c1-9-15-12(10-6-11(14)7-10)8-13(16-9)17(2)4-3-5-18;;/h8,10-11,18H,3-7,14H2,1-2H3;2*1H. The Kier molecular flexibility index (Phi) is 8.35. The van der Waals surface area contributed by atoms with Crippen LogP contribution in [0, 0.1) is 6.92 Å². The molecule has 1 saturated carbocycles. The molecular weight excluding hydrogens is 299 g/mol. The van der Waals surface area contributed by atoms with Crippen molar-refractivity contribution in [3.05, 3.63) is 17.6 Å². The molecule has 1 aromatic heterocycles. The summed E-state index contributed by atoms with van der Waals surface area (Å²) in [6.07, 6.45) is 2.80. The number of nitrogens with two attached hydrogens (primary N) is 1. The molecule has 0 spiro atoms. The number of aromatic nitrogens is 2. The first kappa shape index (κ1) is 19.4. The molecule has 5 nitrogen and oxygen atoms in total. The molecule has 3 N–H and O–H groups in total. The first-order chi connectivity index (χ1) is 8.60. The van der Waals surface area contributed by atoms with Crippen molar-refractivity contribution >= 4 is 30.6 Å². The Morgan fingerprint density at radius 3 is 2.55 bits per heavy atom. The lowest BCUT2D eigenvalue weighted by Crippen LogP contribution is -2.35. The molecule has 116 valence electrons. The van der Waals surface area contributed by atoms with Crippen LogP contribution in [0.3, 0.4) is 0 Å².